The van der Waals surface area contributed by atoms with Gasteiger partial charge in [0, 0.05) is 12.8 Å². The maximum absolute atomic E-state index is 3.41. The summed E-state index contributed by atoms with van der Waals surface area (Å²) in [6.45, 7) is 22.8. The molecule has 0 saturated carbocycles. The Kier molecular flexibility index (Phi) is 12.8. The Labute approximate surface area is 152 Å². The molecule has 0 aromatic heterocycles. The summed E-state index contributed by atoms with van der Waals surface area (Å²) in [6, 6.07) is 0. The number of rotatable bonds is 11. The molecular formula is C22H42N2+2. The Morgan fingerprint density at radius 1 is 0.458 bits per heavy atom. The van der Waals surface area contributed by atoms with Gasteiger partial charge in [0.1, 0.15) is 13.1 Å². The molecule has 0 rings (SSSR count). The first kappa shape index (κ1) is 23.0. The van der Waals surface area contributed by atoms with Crippen LogP contribution in [0, 0.1) is 23.7 Å². The summed E-state index contributed by atoms with van der Waals surface area (Å²) in [5.74, 6) is 13.6. The summed E-state index contributed by atoms with van der Waals surface area (Å²) >= 11 is 0. The molecule has 0 atom stereocenters. The molecule has 0 aliphatic heterocycles. The summed E-state index contributed by atoms with van der Waals surface area (Å²) in [5.41, 5.74) is 0. The molecule has 0 spiro atoms. The monoisotopic (exact) mass is 334 g/mol. The van der Waals surface area contributed by atoms with Crippen molar-refractivity contribution in [1.29, 1.82) is 0 Å². The minimum atomic E-state index is 1.01. The molecular weight excluding hydrogens is 292 g/mol. The molecule has 24 heavy (non-hydrogen) atoms. The first-order valence-electron chi connectivity index (χ1n) is 10.2. The van der Waals surface area contributed by atoms with Crippen molar-refractivity contribution in [3.05, 3.63) is 0 Å². The van der Waals surface area contributed by atoms with Crippen LogP contribution in [-0.2, 0) is 0 Å². The molecule has 0 saturated heterocycles. The molecule has 0 aromatic rings. The van der Waals surface area contributed by atoms with Crippen LogP contribution in [-0.4, -0.2) is 61.3 Å². The summed E-state index contributed by atoms with van der Waals surface area (Å²) in [4.78, 5) is 0. The average Bonchev–Trinajstić information content (AvgIpc) is 2.64. The highest BCUT2D eigenvalue weighted by atomic mass is 15.3. The standard InChI is InChI=1S/C22H42N2/c1-7-23(8-2,9-3)21-19-17-15-13-14-16-18-20-22-24(10-4,11-5)12-6/h7-16,21-22H2,1-6H3/q+2. The van der Waals surface area contributed by atoms with Crippen molar-refractivity contribution < 1.29 is 8.97 Å². The van der Waals surface area contributed by atoms with Crippen molar-refractivity contribution >= 4 is 0 Å². The molecule has 0 heterocycles. The second-order valence-corrected chi connectivity index (χ2v) is 6.81. The molecule has 0 unspecified atom stereocenters. The predicted octanol–water partition coefficient (Wildman–Crippen LogP) is 4.31. The first-order valence-corrected chi connectivity index (χ1v) is 10.2. The summed E-state index contributed by atoms with van der Waals surface area (Å²) < 4.78 is 2.26. The Morgan fingerprint density at radius 2 is 0.750 bits per heavy atom. The van der Waals surface area contributed by atoms with Crippen LogP contribution >= 0.6 is 0 Å². The third-order valence-corrected chi connectivity index (χ3v) is 5.96. The second kappa shape index (κ2) is 13.3. The van der Waals surface area contributed by atoms with Crippen molar-refractivity contribution in [3.63, 3.8) is 0 Å². The molecule has 0 aromatic carbocycles. The number of hydrogen-bond acceptors (Lipinski definition) is 0. The Morgan fingerprint density at radius 3 is 1.00 bits per heavy atom. The van der Waals surface area contributed by atoms with Gasteiger partial charge in [-0.2, -0.15) is 0 Å². The summed E-state index contributed by atoms with van der Waals surface area (Å²) in [6.07, 6.45) is 4.41. The third kappa shape index (κ3) is 8.23. The number of nitrogens with zero attached hydrogens (tertiary/aromatic N) is 2. The lowest BCUT2D eigenvalue weighted by molar-refractivity contribution is -0.916. The van der Waals surface area contributed by atoms with Gasteiger partial charge in [0.25, 0.3) is 0 Å². The third-order valence-electron chi connectivity index (χ3n) is 5.96. The molecule has 138 valence electrons. The van der Waals surface area contributed by atoms with Gasteiger partial charge in [-0.15, -0.1) is 0 Å². The highest BCUT2D eigenvalue weighted by Crippen LogP contribution is 2.05. The molecule has 0 radical (unpaired) electrons. The largest absolute Gasteiger partial charge is 0.314 e. The lowest BCUT2D eigenvalue weighted by atomic mass is 10.2. The van der Waals surface area contributed by atoms with E-state index in [-0.39, 0.29) is 0 Å². The van der Waals surface area contributed by atoms with Gasteiger partial charge in [0.15, 0.2) is 0 Å². The molecule has 0 aliphatic rings. The van der Waals surface area contributed by atoms with E-state index >= 15 is 0 Å². The van der Waals surface area contributed by atoms with Gasteiger partial charge in [0.2, 0.25) is 0 Å². The van der Waals surface area contributed by atoms with Crippen molar-refractivity contribution in [1.82, 2.24) is 0 Å². The summed E-state index contributed by atoms with van der Waals surface area (Å²) in [5, 5.41) is 0. The Hall–Kier alpha value is -0.960. The lowest BCUT2D eigenvalue weighted by Crippen LogP contribution is -2.47. The highest BCUT2D eigenvalue weighted by Gasteiger charge is 2.19. The molecule has 0 aliphatic carbocycles. The van der Waals surface area contributed by atoms with Crippen LogP contribution in [0.2, 0.25) is 0 Å². The Balaban J connectivity index is 3.99. The normalized spacial score (nSPS) is 11.4. The number of hydrogen-bond donors (Lipinski definition) is 0. The van der Waals surface area contributed by atoms with Crippen molar-refractivity contribution in [2.75, 3.05) is 52.4 Å². The van der Waals surface area contributed by atoms with E-state index in [9.17, 15) is 0 Å². The van der Waals surface area contributed by atoms with Crippen LogP contribution in [0.1, 0.15) is 67.2 Å². The fraction of sp³-hybridized carbons (Fsp3) is 0.818. The van der Waals surface area contributed by atoms with Gasteiger partial charge in [-0.25, -0.2) is 0 Å². The van der Waals surface area contributed by atoms with Gasteiger partial charge in [-0.1, -0.05) is 11.8 Å². The van der Waals surface area contributed by atoms with E-state index in [1.165, 1.54) is 52.1 Å². The highest BCUT2D eigenvalue weighted by molar-refractivity contribution is 5.01. The maximum atomic E-state index is 3.41. The van der Waals surface area contributed by atoms with E-state index in [4.69, 9.17) is 0 Å². The van der Waals surface area contributed by atoms with Crippen molar-refractivity contribution in [2.45, 2.75) is 67.2 Å². The lowest BCUT2D eigenvalue weighted by Gasteiger charge is -2.33. The van der Waals surface area contributed by atoms with Crippen LogP contribution in [0.3, 0.4) is 0 Å². The zero-order valence-corrected chi connectivity index (χ0v) is 17.4. The van der Waals surface area contributed by atoms with E-state index in [1.54, 1.807) is 0 Å². The SMILES string of the molecule is CC[N+](CC)(CC)CC#CCCCCC#CC[N+](CC)(CC)CC. The van der Waals surface area contributed by atoms with E-state index in [0.717, 1.165) is 34.9 Å². The minimum Gasteiger partial charge on any atom is -0.314 e. The smallest absolute Gasteiger partial charge is 0.140 e. The molecule has 0 bridgehead atoms. The zero-order chi connectivity index (χ0) is 18.3. The van der Waals surface area contributed by atoms with E-state index < -0.39 is 0 Å². The van der Waals surface area contributed by atoms with Crippen LogP contribution in [0.15, 0.2) is 0 Å². The average molecular weight is 335 g/mol. The molecule has 0 amide bonds. The van der Waals surface area contributed by atoms with Gasteiger partial charge < -0.3 is 8.97 Å². The maximum Gasteiger partial charge on any atom is 0.140 e. The first-order chi connectivity index (χ1) is 11.6. The van der Waals surface area contributed by atoms with Crippen LogP contribution < -0.4 is 0 Å². The van der Waals surface area contributed by atoms with Gasteiger partial charge >= 0.3 is 0 Å². The quantitative estimate of drug-likeness (QED) is 0.300. The summed E-state index contributed by atoms with van der Waals surface area (Å²) in [7, 11) is 0. The fourth-order valence-electron chi connectivity index (χ4n) is 3.06. The topological polar surface area (TPSA) is 0 Å². The van der Waals surface area contributed by atoms with Gasteiger partial charge in [0.05, 0.1) is 39.3 Å². The van der Waals surface area contributed by atoms with Gasteiger partial charge in [-0.05, 0) is 66.2 Å². The van der Waals surface area contributed by atoms with Crippen molar-refractivity contribution in [3.8, 4) is 23.7 Å². The fourth-order valence-corrected chi connectivity index (χ4v) is 3.06. The molecule has 2 heteroatoms. The molecule has 0 fully saturated rings. The second-order valence-electron chi connectivity index (χ2n) is 6.81. The van der Waals surface area contributed by atoms with Crippen LogP contribution in [0.4, 0.5) is 0 Å². The van der Waals surface area contributed by atoms with E-state index in [0.29, 0.717) is 0 Å². The van der Waals surface area contributed by atoms with Crippen molar-refractivity contribution in [2.24, 2.45) is 0 Å². The minimum absolute atomic E-state index is 1.01. The van der Waals surface area contributed by atoms with E-state index in [2.05, 4.69) is 65.2 Å². The van der Waals surface area contributed by atoms with Crippen LogP contribution in [0.25, 0.3) is 0 Å². The van der Waals surface area contributed by atoms with Gasteiger partial charge in [-0.3, -0.25) is 0 Å². The number of unbranched alkanes of at least 4 members (excludes halogenated alkanes) is 3. The molecule has 2 nitrogen and oxygen atoms in total. The Bertz CT molecular complexity index is 364. The van der Waals surface area contributed by atoms with Crippen LogP contribution in [0.5, 0.6) is 0 Å². The predicted molar refractivity (Wildman–Crippen MR) is 108 cm³/mol. The van der Waals surface area contributed by atoms with E-state index in [1.807, 2.05) is 0 Å². The number of quaternary nitrogens is 2. The molecule has 0 N–H and O–H groups in total. The zero-order valence-electron chi connectivity index (χ0n) is 17.4.